The molecule has 4 aliphatic carbocycles. The van der Waals surface area contributed by atoms with E-state index in [1.807, 2.05) is 0 Å². The molecule has 0 saturated heterocycles. The summed E-state index contributed by atoms with van der Waals surface area (Å²) in [5.41, 5.74) is 2.95. The Balaban J connectivity index is 1.11. The lowest BCUT2D eigenvalue weighted by Crippen LogP contribution is -2.43. The van der Waals surface area contributed by atoms with Crippen molar-refractivity contribution in [3.8, 4) is 17.0 Å². The summed E-state index contributed by atoms with van der Waals surface area (Å²) in [6.45, 7) is 2.27. The van der Waals surface area contributed by atoms with E-state index in [9.17, 15) is 14.3 Å². The Morgan fingerprint density at radius 1 is 1.12 bits per heavy atom. The van der Waals surface area contributed by atoms with E-state index in [1.165, 1.54) is 6.07 Å². The Hall–Kier alpha value is -3.49. The summed E-state index contributed by atoms with van der Waals surface area (Å²) in [6, 6.07) is 4.21. The molecule has 1 aromatic carbocycles. The van der Waals surface area contributed by atoms with Crippen molar-refractivity contribution in [3.05, 3.63) is 75.1 Å². The van der Waals surface area contributed by atoms with Crippen molar-refractivity contribution in [2.45, 2.75) is 64.2 Å². The lowest BCUT2D eigenvalue weighted by atomic mass is 9.54. The van der Waals surface area contributed by atoms with Gasteiger partial charge in [0.1, 0.15) is 28.5 Å². The lowest BCUT2D eigenvalue weighted by Gasteiger charge is -2.52. The molecule has 4 aliphatic rings. The van der Waals surface area contributed by atoms with E-state index in [0.717, 1.165) is 68.8 Å². The summed E-state index contributed by atoms with van der Waals surface area (Å²) in [5, 5.41) is 15.1. The Bertz CT molecular complexity index is 1750. The van der Waals surface area contributed by atoms with Gasteiger partial charge in [-0.1, -0.05) is 40.5 Å². The van der Waals surface area contributed by atoms with E-state index in [0.29, 0.717) is 50.7 Å². The van der Waals surface area contributed by atoms with Gasteiger partial charge in [0.15, 0.2) is 0 Å². The second kappa shape index (κ2) is 10.6. The van der Waals surface area contributed by atoms with Gasteiger partial charge in [0.25, 0.3) is 0 Å². The zero-order valence-electron chi connectivity index (χ0n) is 23.6. The molecule has 7 nitrogen and oxygen atoms in total. The molecule has 4 saturated carbocycles. The molecular formula is C33H30Cl2FN3O4. The number of carbonyl (C=O) groups is 1. The smallest absolute Gasteiger partial charge is 0.335 e. The topological polar surface area (TPSA) is 98.3 Å². The van der Waals surface area contributed by atoms with Gasteiger partial charge >= 0.3 is 5.97 Å². The van der Waals surface area contributed by atoms with Crippen LogP contribution in [0.4, 0.5) is 4.39 Å². The summed E-state index contributed by atoms with van der Waals surface area (Å²) in [4.78, 5) is 19.9. The molecule has 0 unspecified atom stereocenters. The Morgan fingerprint density at radius 2 is 1.81 bits per heavy atom. The van der Waals surface area contributed by atoms with E-state index in [2.05, 4.69) is 27.3 Å². The summed E-state index contributed by atoms with van der Waals surface area (Å²) in [5.74, 6) is -0.119. The van der Waals surface area contributed by atoms with Gasteiger partial charge in [-0.25, -0.2) is 14.2 Å². The van der Waals surface area contributed by atoms with Crippen LogP contribution in [-0.4, -0.2) is 32.8 Å². The number of hydrogen-bond acceptors (Lipinski definition) is 6. The number of halogens is 3. The number of pyridine rings is 2. The third-order valence-corrected chi connectivity index (χ3v) is 10.2. The maximum atomic E-state index is 14.7. The molecule has 2 bridgehead atoms. The average molecular weight is 623 g/mol. The van der Waals surface area contributed by atoms with Gasteiger partial charge in [0.05, 0.1) is 22.2 Å². The normalized spacial score (nSPS) is 23.3. The second-order valence-electron chi connectivity index (χ2n) is 12.5. The number of nitrogens with zero attached hydrogens (tertiary/aromatic N) is 3. The second-order valence-corrected chi connectivity index (χ2v) is 13.3. The molecule has 3 aromatic heterocycles. The van der Waals surface area contributed by atoms with Crippen molar-refractivity contribution in [1.82, 2.24) is 15.1 Å². The van der Waals surface area contributed by atoms with Crippen LogP contribution in [-0.2, 0) is 0 Å². The Kier molecular flexibility index (Phi) is 6.97. The first-order valence-corrected chi connectivity index (χ1v) is 15.4. The van der Waals surface area contributed by atoms with Gasteiger partial charge in [-0.2, -0.15) is 0 Å². The van der Waals surface area contributed by atoms with Crippen molar-refractivity contribution in [2.24, 2.45) is 10.8 Å². The third-order valence-electron chi connectivity index (χ3n) is 9.60. The van der Waals surface area contributed by atoms with Gasteiger partial charge in [0, 0.05) is 52.0 Å². The van der Waals surface area contributed by atoms with Crippen LogP contribution in [0.5, 0.6) is 5.75 Å². The number of carboxylic acids is 1. The predicted octanol–water partition coefficient (Wildman–Crippen LogP) is 9.05. The molecule has 43 heavy (non-hydrogen) atoms. The molecule has 0 radical (unpaired) electrons. The first-order valence-electron chi connectivity index (χ1n) is 14.6. The van der Waals surface area contributed by atoms with Crippen molar-refractivity contribution < 1.29 is 23.6 Å². The maximum absolute atomic E-state index is 14.7. The minimum Gasteiger partial charge on any atom is -0.492 e. The number of hydrogen-bond donors (Lipinski definition) is 1. The number of rotatable bonds is 8. The highest BCUT2D eigenvalue weighted by Gasteiger charge is 2.48. The summed E-state index contributed by atoms with van der Waals surface area (Å²) >= 11 is 13.0. The fourth-order valence-electron chi connectivity index (χ4n) is 6.80. The molecule has 0 spiro atoms. The zero-order chi connectivity index (χ0) is 29.9. The fraction of sp³-hybridized carbons (Fsp3) is 0.394. The molecule has 4 aromatic rings. The zero-order valence-corrected chi connectivity index (χ0v) is 25.1. The van der Waals surface area contributed by atoms with Crippen LogP contribution in [0.2, 0.25) is 10.0 Å². The van der Waals surface area contributed by atoms with Crippen LogP contribution in [0.1, 0.15) is 84.7 Å². The number of aromatic nitrogens is 3. The summed E-state index contributed by atoms with van der Waals surface area (Å²) in [7, 11) is 0. The molecule has 0 atom stereocenters. The number of allylic oxidation sites excluding steroid dienone is 1. The van der Waals surface area contributed by atoms with Gasteiger partial charge in [0.2, 0.25) is 0 Å². The first-order chi connectivity index (χ1) is 20.7. The molecule has 1 N–H and O–H groups in total. The summed E-state index contributed by atoms with van der Waals surface area (Å²) in [6.07, 6.45) is 15.9. The van der Waals surface area contributed by atoms with Crippen molar-refractivity contribution in [2.75, 3.05) is 6.61 Å². The van der Waals surface area contributed by atoms with Gasteiger partial charge in [-0.3, -0.25) is 4.98 Å². The van der Waals surface area contributed by atoms with Crippen LogP contribution >= 0.6 is 23.2 Å². The van der Waals surface area contributed by atoms with Crippen LogP contribution in [0, 0.1) is 23.6 Å². The SMILES string of the molecule is Cc1cc(OCC23CCC(C=Cc4c(-c5c(Cl)cncc5Cl)noc4C4CC4)(CC2)CC3)c2cc(C(=O)O)cc(F)c2n1. The Labute approximate surface area is 258 Å². The number of fused-ring (bicyclic) bond motifs is 4. The van der Waals surface area contributed by atoms with E-state index < -0.39 is 11.8 Å². The molecule has 0 aliphatic heterocycles. The Morgan fingerprint density at radius 3 is 2.47 bits per heavy atom. The van der Waals surface area contributed by atoms with Crippen LogP contribution in [0.15, 0.2) is 41.2 Å². The quantitative estimate of drug-likeness (QED) is 0.209. The maximum Gasteiger partial charge on any atom is 0.335 e. The number of aryl methyl sites for hydroxylation is 1. The van der Waals surface area contributed by atoms with Crippen molar-refractivity contribution in [1.29, 1.82) is 0 Å². The van der Waals surface area contributed by atoms with Gasteiger partial charge in [-0.15, -0.1) is 0 Å². The summed E-state index contributed by atoms with van der Waals surface area (Å²) < 4.78 is 27.0. The highest BCUT2D eigenvalue weighted by atomic mass is 35.5. The minimum absolute atomic E-state index is 0.0155. The molecule has 0 amide bonds. The molecule has 222 valence electrons. The van der Waals surface area contributed by atoms with E-state index in [1.54, 1.807) is 25.4 Å². The van der Waals surface area contributed by atoms with E-state index in [4.69, 9.17) is 32.5 Å². The van der Waals surface area contributed by atoms with E-state index in [-0.39, 0.29) is 21.9 Å². The highest BCUT2D eigenvalue weighted by Crippen LogP contribution is 2.58. The van der Waals surface area contributed by atoms with Crippen molar-refractivity contribution in [3.63, 3.8) is 0 Å². The lowest BCUT2D eigenvalue weighted by molar-refractivity contribution is -0.0119. The molecule has 4 fully saturated rings. The monoisotopic (exact) mass is 621 g/mol. The molecule has 8 rings (SSSR count). The number of aromatic carboxylic acids is 1. The van der Waals surface area contributed by atoms with Gasteiger partial charge in [-0.05, 0) is 75.8 Å². The highest BCUT2D eigenvalue weighted by molar-refractivity contribution is 6.39. The van der Waals surface area contributed by atoms with E-state index >= 15 is 0 Å². The van der Waals surface area contributed by atoms with Crippen molar-refractivity contribution >= 4 is 46.2 Å². The molecule has 3 heterocycles. The third kappa shape index (κ3) is 5.18. The van der Waals surface area contributed by atoms with Crippen LogP contribution in [0.25, 0.3) is 28.2 Å². The standard InChI is InChI=1S/C33H30Cl2FN3O4/c1-18-12-26(22-13-20(31(40)41)14-25(36)28(22)38-18)42-17-33-9-6-32(7-10-33,8-11-33)5-4-21-29(39-43-30(21)19-2-3-19)27-23(34)15-37-16-24(27)35/h4-5,12-16,19H,2-3,6-11,17H2,1H3,(H,40,41). The predicted molar refractivity (Wildman–Crippen MR) is 162 cm³/mol. The van der Waals surface area contributed by atoms with Crippen LogP contribution < -0.4 is 4.74 Å². The minimum atomic E-state index is -1.19. The largest absolute Gasteiger partial charge is 0.492 e. The van der Waals surface area contributed by atoms with Gasteiger partial charge < -0.3 is 14.4 Å². The first kappa shape index (κ1) is 28.3. The number of ether oxygens (including phenoxy) is 1. The fourth-order valence-corrected chi connectivity index (χ4v) is 7.34. The molecular weight excluding hydrogens is 592 g/mol. The number of benzene rings is 1. The molecule has 10 heteroatoms. The van der Waals surface area contributed by atoms with Crippen LogP contribution in [0.3, 0.4) is 0 Å². The number of carboxylic acid groups (broad SMARTS) is 1. The average Bonchev–Trinajstić information content (AvgIpc) is 3.76.